The lowest BCUT2D eigenvalue weighted by Gasteiger charge is -2.37. The Morgan fingerprint density at radius 2 is 2.04 bits per heavy atom. The first-order chi connectivity index (χ1) is 12.6. The number of nitriles is 1. The molecule has 0 spiro atoms. The van der Waals surface area contributed by atoms with Gasteiger partial charge in [-0.3, -0.25) is 9.69 Å². The van der Waals surface area contributed by atoms with E-state index < -0.39 is 0 Å². The first kappa shape index (κ1) is 18.2. The number of aromatic nitrogens is 1. The zero-order valence-corrected chi connectivity index (χ0v) is 15.3. The van der Waals surface area contributed by atoms with Crippen molar-refractivity contribution in [1.29, 1.82) is 5.26 Å². The summed E-state index contributed by atoms with van der Waals surface area (Å²) < 4.78 is 0. The van der Waals surface area contributed by atoms with E-state index in [9.17, 15) is 4.79 Å². The summed E-state index contributed by atoms with van der Waals surface area (Å²) in [4.78, 5) is 21.3. The van der Waals surface area contributed by atoms with Crippen LogP contribution in [0.3, 0.4) is 0 Å². The molecule has 26 heavy (non-hydrogen) atoms. The van der Waals surface area contributed by atoms with Gasteiger partial charge in [-0.2, -0.15) is 5.26 Å². The summed E-state index contributed by atoms with van der Waals surface area (Å²) in [6.45, 7) is 5.14. The maximum atomic E-state index is 12.5. The Bertz CT molecular complexity index is 812. The normalized spacial score (nSPS) is 16.0. The fraction of sp³-hybridized carbons (Fsp3) is 0.316. The predicted molar refractivity (Wildman–Crippen MR) is 102 cm³/mol. The molecule has 2 aromatic rings. The second kappa shape index (κ2) is 8.17. The Balaban J connectivity index is 1.56. The monoisotopic (exact) mass is 369 g/mol. The van der Waals surface area contributed by atoms with Gasteiger partial charge < -0.3 is 10.2 Å². The minimum Gasteiger partial charge on any atom is -0.354 e. The number of benzene rings is 1. The highest BCUT2D eigenvalue weighted by atomic mass is 35.5. The summed E-state index contributed by atoms with van der Waals surface area (Å²) in [6.07, 6.45) is 1.79. The Morgan fingerprint density at radius 1 is 1.27 bits per heavy atom. The van der Waals surface area contributed by atoms with Crippen molar-refractivity contribution in [3.05, 3.63) is 53.2 Å². The highest BCUT2D eigenvalue weighted by Crippen LogP contribution is 2.21. The number of pyridine rings is 1. The molecule has 0 unspecified atom stereocenters. The molecule has 0 radical (unpaired) electrons. The summed E-state index contributed by atoms with van der Waals surface area (Å²) in [6, 6.07) is 12.5. The number of hydrogen-bond donors (Lipinski definition) is 1. The standard InChI is InChI=1S/C19H20ClN5O/c1-14(19(26)23-16-6-5-15(13-21)17(20)12-16)24-8-10-25(11-9-24)18-4-2-3-7-22-18/h2-7,12,14H,8-11H2,1H3,(H,23,26)/t14-/m0/s1. The van der Waals surface area contributed by atoms with Gasteiger partial charge in [-0.15, -0.1) is 0 Å². The molecule has 0 saturated carbocycles. The molecular formula is C19H20ClN5O. The molecule has 1 aromatic carbocycles. The van der Waals surface area contributed by atoms with Crippen LogP contribution in [0, 0.1) is 11.3 Å². The highest BCUT2D eigenvalue weighted by Gasteiger charge is 2.26. The van der Waals surface area contributed by atoms with Crippen molar-refractivity contribution in [2.75, 3.05) is 36.4 Å². The number of piperazine rings is 1. The summed E-state index contributed by atoms with van der Waals surface area (Å²) in [5, 5.41) is 12.1. The largest absolute Gasteiger partial charge is 0.354 e. The molecule has 1 aliphatic rings. The summed E-state index contributed by atoms with van der Waals surface area (Å²) in [5.41, 5.74) is 0.987. The lowest BCUT2D eigenvalue weighted by molar-refractivity contribution is -0.120. The Morgan fingerprint density at radius 3 is 2.65 bits per heavy atom. The molecule has 3 rings (SSSR count). The van der Waals surface area contributed by atoms with Crippen LogP contribution in [0.15, 0.2) is 42.6 Å². The van der Waals surface area contributed by atoms with Gasteiger partial charge in [0, 0.05) is 38.1 Å². The number of halogens is 1. The summed E-state index contributed by atoms with van der Waals surface area (Å²) >= 11 is 6.02. The van der Waals surface area contributed by atoms with Gasteiger partial charge in [-0.25, -0.2) is 4.98 Å². The van der Waals surface area contributed by atoms with Crippen LogP contribution in [0.5, 0.6) is 0 Å². The molecule has 1 saturated heterocycles. The van der Waals surface area contributed by atoms with Gasteiger partial charge in [0.1, 0.15) is 11.9 Å². The van der Waals surface area contributed by atoms with E-state index in [1.807, 2.05) is 31.2 Å². The molecule has 1 N–H and O–H groups in total. The average molecular weight is 370 g/mol. The molecule has 7 heteroatoms. The molecule has 1 atom stereocenters. The Labute approximate surface area is 158 Å². The van der Waals surface area contributed by atoms with Gasteiger partial charge in [-0.05, 0) is 37.3 Å². The Kier molecular flexibility index (Phi) is 5.71. The van der Waals surface area contributed by atoms with Crippen LogP contribution in [-0.4, -0.2) is 48.0 Å². The zero-order chi connectivity index (χ0) is 18.5. The SMILES string of the molecule is C[C@@H](C(=O)Nc1ccc(C#N)c(Cl)c1)N1CCN(c2ccccn2)CC1. The van der Waals surface area contributed by atoms with Crippen LogP contribution in [0.1, 0.15) is 12.5 Å². The fourth-order valence-corrected chi connectivity index (χ4v) is 3.20. The van der Waals surface area contributed by atoms with Crippen LogP contribution >= 0.6 is 11.6 Å². The molecule has 134 valence electrons. The van der Waals surface area contributed by atoms with Gasteiger partial charge >= 0.3 is 0 Å². The van der Waals surface area contributed by atoms with Crippen LogP contribution in [0.4, 0.5) is 11.5 Å². The minimum absolute atomic E-state index is 0.0861. The van der Waals surface area contributed by atoms with Crippen LogP contribution in [0.2, 0.25) is 5.02 Å². The number of hydrogen-bond acceptors (Lipinski definition) is 5. The van der Waals surface area contributed by atoms with E-state index in [0.29, 0.717) is 16.3 Å². The van der Waals surface area contributed by atoms with Crippen molar-refractivity contribution in [1.82, 2.24) is 9.88 Å². The molecule has 1 fully saturated rings. The second-order valence-corrected chi connectivity index (χ2v) is 6.59. The predicted octanol–water partition coefficient (Wildman–Crippen LogP) is 2.76. The number of carbonyl (C=O) groups is 1. The Hall–Kier alpha value is -2.62. The van der Waals surface area contributed by atoms with Gasteiger partial charge in [0.2, 0.25) is 5.91 Å². The molecule has 1 aliphatic heterocycles. The number of rotatable bonds is 4. The van der Waals surface area contributed by atoms with Crippen molar-refractivity contribution in [2.45, 2.75) is 13.0 Å². The maximum absolute atomic E-state index is 12.5. The summed E-state index contributed by atoms with van der Waals surface area (Å²) in [7, 11) is 0. The van der Waals surface area contributed by atoms with Gasteiger partial charge in [-0.1, -0.05) is 17.7 Å². The average Bonchev–Trinajstić information content (AvgIpc) is 2.68. The third kappa shape index (κ3) is 4.13. The third-order valence-corrected chi connectivity index (χ3v) is 4.88. The fourth-order valence-electron chi connectivity index (χ4n) is 2.98. The van der Waals surface area contributed by atoms with E-state index in [-0.39, 0.29) is 11.9 Å². The second-order valence-electron chi connectivity index (χ2n) is 6.18. The number of nitrogens with one attached hydrogen (secondary N) is 1. The van der Waals surface area contributed by atoms with Gasteiger partial charge in [0.25, 0.3) is 0 Å². The number of anilines is 2. The molecule has 0 aliphatic carbocycles. The lowest BCUT2D eigenvalue weighted by Crippen LogP contribution is -2.53. The van der Waals surface area contributed by atoms with Crippen LogP contribution < -0.4 is 10.2 Å². The van der Waals surface area contributed by atoms with Crippen molar-refractivity contribution in [2.24, 2.45) is 0 Å². The van der Waals surface area contributed by atoms with Crippen molar-refractivity contribution in [3.8, 4) is 6.07 Å². The third-order valence-electron chi connectivity index (χ3n) is 4.57. The lowest BCUT2D eigenvalue weighted by atomic mass is 10.2. The van der Waals surface area contributed by atoms with E-state index in [4.69, 9.17) is 16.9 Å². The molecule has 2 heterocycles. The minimum atomic E-state index is -0.254. The number of nitrogens with zero attached hydrogens (tertiary/aromatic N) is 4. The molecule has 1 amide bonds. The van der Waals surface area contributed by atoms with E-state index in [1.165, 1.54) is 0 Å². The number of carbonyl (C=O) groups excluding carboxylic acids is 1. The smallest absolute Gasteiger partial charge is 0.241 e. The highest BCUT2D eigenvalue weighted by molar-refractivity contribution is 6.32. The summed E-state index contributed by atoms with van der Waals surface area (Å²) in [5.74, 6) is 0.883. The van der Waals surface area contributed by atoms with E-state index >= 15 is 0 Å². The van der Waals surface area contributed by atoms with Gasteiger partial charge in [0.05, 0.1) is 16.6 Å². The molecule has 1 aromatic heterocycles. The van der Waals surface area contributed by atoms with Crippen molar-refractivity contribution < 1.29 is 4.79 Å². The molecule has 6 nitrogen and oxygen atoms in total. The van der Waals surface area contributed by atoms with Crippen LogP contribution in [0.25, 0.3) is 0 Å². The van der Waals surface area contributed by atoms with Crippen molar-refractivity contribution >= 4 is 29.0 Å². The zero-order valence-electron chi connectivity index (χ0n) is 14.5. The number of amides is 1. The van der Waals surface area contributed by atoms with Crippen LogP contribution in [-0.2, 0) is 4.79 Å². The van der Waals surface area contributed by atoms with Gasteiger partial charge in [0.15, 0.2) is 0 Å². The van der Waals surface area contributed by atoms with E-state index in [1.54, 1.807) is 24.4 Å². The quantitative estimate of drug-likeness (QED) is 0.897. The van der Waals surface area contributed by atoms with E-state index in [0.717, 1.165) is 32.0 Å². The molecule has 0 bridgehead atoms. The first-order valence-electron chi connectivity index (χ1n) is 8.49. The van der Waals surface area contributed by atoms with Crippen molar-refractivity contribution in [3.63, 3.8) is 0 Å². The topological polar surface area (TPSA) is 72.3 Å². The van der Waals surface area contributed by atoms with E-state index in [2.05, 4.69) is 20.1 Å². The maximum Gasteiger partial charge on any atom is 0.241 e. The first-order valence-corrected chi connectivity index (χ1v) is 8.87. The molecular weight excluding hydrogens is 350 g/mol.